The maximum absolute atomic E-state index is 11.2. The largest absolute Gasteiger partial charge is 0.497 e. The van der Waals surface area contributed by atoms with Crippen LogP contribution in [0.5, 0.6) is 5.75 Å². The van der Waals surface area contributed by atoms with Gasteiger partial charge < -0.3 is 9.84 Å². The zero-order valence-corrected chi connectivity index (χ0v) is 18.1. The van der Waals surface area contributed by atoms with Crippen LogP contribution in [0.2, 0.25) is 0 Å². The predicted octanol–water partition coefficient (Wildman–Crippen LogP) is 6.88. The first-order valence-corrected chi connectivity index (χ1v) is 11.2. The molecule has 1 atom stereocenters. The summed E-state index contributed by atoms with van der Waals surface area (Å²) in [6.45, 7) is 3.70. The van der Waals surface area contributed by atoms with Gasteiger partial charge >= 0.3 is 5.97 Å². The lowest BCUT2D eigenvalue weighted by atomic mass is 9.83. The molecule has 2 aromatic rings. The summed E-state index contributed by atoms with van der Waals surface area (Å²) >= 11 is 0. The van der Waals surface area contributed by atoms with Crippen LogP contribution in [0, 0.1) is 0 Å². The van der Waals surface area contributed by atoms with E-state index < -0.39 is 5.97 Å². The van der Waals surface area contributed by atoms with Crippen LogP contribution in [-0.4, -0.2) is 18.2 Å². The number of carboxylic acids is 1. The van der Waals surface area contributed by atoms with E-state index >= 15 is 0 Å². The van der Waals surface area contributed by atoms with Crippen LogP contribution in [0.1, 0.15) is 79.9 Å². The van der Waals surface area contributed by atoms with Gasteiger partial charge in [0.15, 0.2) is 0 Å². The van der Waals surface area contributed by atoms with Crippen molar-refractivity contribution in [3.8, 4) is 5.75 Å². The number of aryl methyl sites for hydroxylation is 1. The lowest BCUT2D eigenvalue weighted by Crippen LogP contribution is -2.06. The van der Waals surface area contributed by atoms with E-state index in [1.807, 2.05) is 12.1 Å². The molecule has 1 aliphatic rings. The molecule has 0 saturated heterocycles. The molecule has 1 aliphatic carbocycles. The maximum atomic E-state index is 11.2. The quantitative estimate of drug-likeness (QED) is 0.437. The van der Waals surface area contributed by atoms with E-state index in [4.69, 9.17) is 9.84 Å². The molecule has 0 heterocycles. The van der Waals surface area contributed by atoms with Crippen molar-refractivity contribution >= 4 is 5.97 Å². The second kappa shape index (κ2) is 11.0. The molecule has 1 fully saturated rings. The number of rotatable bonds is 10. The normalized spacial score (nSPS) is 15.5. The highest BCUT2D eigenvalue weighted by Gasteiger charge is 2.17. The molecule has 30 heavy (non-hydrogen) atoms. The van der Waals surface area contributed by atoms with Crippen LogP contribution < -0.4 is 4.74 Å². The minimum atomic E-state index is -0.901. The van der Waals surface area contributed by atoms with Crippen LogP contribution in [0.15, 0.2) is 60.7 Å². The van der Waals surface area contributed by atoms with Gasteiger partial charge in [-0.15, -0.1) is 0 Å². The second-order valence-electron chi connectivity index (χ2n) is 8.53. The standard InChI is InChI=1S/C27H34O3/c1-20(27(28)29)8-12-23(25-16-18-26(30-2)19-17-25)13-9-21-10-14-24(15-11-21)22-6-4-3-5-7-22/h10-11,14-19,22-23H,1,3-9,12-13H2,2H3,(H,28,29). The summed E-state index contributed by atoms with van der Waals surface area (Å²) < 4.78 is 5.28. The van der Waals surface area contributed by atoms with E-state index in [0.29, 0.717) is 12.3 Å². The molecule has 0 amide bonds. The lowest BCUT2D eigenvalue weighted by molar-refractivity contribution is -0.132. The summed E-state index contributed by atoms with van der Waals surface area (Å²) in [4.78, 5) is 11.2. The third-order valence-corrected chi connectivity index (χ3v) is 6.52. The minimum Gasteiger partial charge on any atom is -0.497 e. The molecule has 3 heteroatoms. The Hall–Kier alpha value is -2.55. The number of methoxy groups -OCH3 is 1. The van der Waals surface area contributed by atoms with Gasteiger partial charge in [-0.25, -0.2) is 4.79 Å². The number of ether oxygens (including phenoxy) is 1. The molecule has 0 aliphatic heterocycles. The van der Waals surface area contributed by atoms with Crippen LogP contribution in [0.3, 0.4) is 0 Å². The first-order valence-electron chi connectivity index (χ1n) is 11.2. The van der Waals surface area contributed by atoms with Crippen molar-refractivity contribution in [2.45, 2.75) is 69.6 Å². The van der Waals surface area contributed by atoms with Gasteiger partial charge in [0.2, 0.25) is 0 Å². The smallest absolute Gasteiger partial charge is 0.330 e. The van der Waals surface area contributed by atoms with Crippen molar-refractivity contribution in [3.05, 3.63) is 77.4 Å². The number of carboxylic acid groups (broad SMARTS) is 1. The number of hydrogen-bond acceptors (Lipinski definition) is 2. The van der Waals surface area contributed by atoms with Gasteiger partial charge in [-0.1, -0.05) is 62.2 Å². The molecule has 3 rings (SSSR count). The van der Waals surface area contributed by atoms with Gasteiger partial charge in [0.25, 0.3) is 0 Å². The van der Waals surface area contributed by atoms with Crippen LogP contribution in [0.25, 0.3) is 0 Å². The number of benzene rings is 2. The molecule has 0 spiro atoms. The average molecular weight is 407 g/mol. The van der Waals surface area contributed by atoms with Gasteiger partial charge in [0.05, 0.1) is 7.11 Å². The topological polar surface area (TPSA) is 46.5 Å². The summed E-state index contributed by atoms with van der Waals surface area (Å²) in [5.74, 6) is 0.972. The zero-order valence-electron chi connectivity index (χ0n) is 18.1. The van der Waals surface area contributed by atoms with Gasteiger partial charge in [-0.05, 0) is 79.2 Å². The van der Waals surface area contributed by atoms with Crippen molar-refractivity contribution in [1.82, 2.24) is 0 Å². The fraction of sp³-hybridized carbons (Fsp3) is 0.444. The van der Waals surface area contributed by atoms with Crippen LogP contribution in [0.4, 0.5) is 0 Å². The molecule has 160 valence electrons. The van der Waals surface area contributed by atoms with Crippen LogP contribution in [-0.2, 0) is 11.2 Å². The second-order valence-corrected chi connectivity index (χ2v) is 8.53. The maximum Gasteiger partial charge on any atom is 0.330 e. The summed E-state index contributed by atoms with van der Waals surface area (Å²) in [6.07, 6.45) is 10.0. The molecule has 0 radical (unpaired) electrons. The molecule has 0 bridgehead atoms. The fourth-order valence-electron chi connectivity index (χ4n) is 4.54. The number of carbonyl (C=O) groups is 1. The van der Waals surface area contributed by atoms with Crippen LogP contribution >= 0.6 is 0 Å². The van der Waals surface area contributed by atoms with E-state index in [9.17, 15) is 4.79 Å². The van der Waals surface area contributed by atoms with Gasteiger partial charge in [0.1, 0.15) is 5.75 Å². The molecule has 0 aromatic heterocycles. The highest BCUT2D eigenvalue weighted by atomic mass is 16.5. The Bertz CT molecular complexity index is 814. The zero-order chi connectivity index (χ0) is 21.3. The van der Waals surface area contributed by atoms with Crippen molar-refractivity contribution in [1.29, 1.82) is 0 Å². The Morgan fingerprint density at radius 3 is 2.30 bits per heavy atom. The van der Waals surface area contributed by atoms with E-state index in [1.165, 1.54) is 48.8 Å². The first kappa shape index (κ1) is 22.1. The summed E-state index contributed by atoms with van der Waals surface area (Å²) in [5, 5.41) is 9.16. The summed E-state index contributed by atoms with van der Waals surface area (Å²) in [6, 6.07) is 17.4. The summed E-state index contributed by atoms with van der Waals surface area (Å²) in [7, 11) is 1.67. The van der Waals surface area contributed by atoms with E-state index in [-0.39, 0.29) is 5.57 Å². The Morgan fingerprint density at radius 1 is 1.03 bits per heavy atom. The Labute approximate surface area is 180 Å². The lowest BCUT2D eigenvalue weighted by Gasteiger charge is -2.22. The van der Waals surface area contributed by atoms with E-state index in [1.54, 1.807) is 7.11 Å². The number of hydrogen-bond donors (Lipinski definition) is 1. The molecule has 1 N–H and O–H groups in total. The van der Waals surface area contributed by atoms with Crippen molar-refractivity contribution in [3.63, 3.8) is 0 Å². The molecular formula is C27H34O3. The molecule has 1 saturated carbocycles. The van der Waals surface area contributed by atoms with Gasteiger partial charge in [-0.3, -0.25) is 0 Å². The molecule has 2 aromatic carbocycles. The Morgan fingerprint density at radius 2 is 1.70 bits per heavy atom. The van der Waals surface area contributed by atoms with Crippen molar-refractivity contribution in [2.75, 3.05) is 7.11 Å². The SMILES string of the molecule is C=C(CCC(CCc1ccc(C2CCCCC2)cc1)c1ccc(OC)cc1)C(=O)O. The molecule has 1 unspecified atom stereocenters. The highest BCUT2D eigenvalue weighted by molar-refractivity contribution is 5.85. The van der Waals surface area contributed by atoms with Crippen molar-refractivity contribution in [2.24, 2.45) is 0 Å². The van der Waals surface area contributed by atoms with Gasteiger partial charge in [-0.2, -0.15) is 0 Å². The molecular weight excluding hydrogens is 372 g/mol. The highest BCUT2D eigenvalue weighted by Crippen LogP contribution is 2.33. The minimum absolute atomic E-state index is 0.283. The third kappa shape index (κ3) is 6.22. The molecule has 3 nitrogen and oxygen atoms in total. The van der Waals surface area contributed by atoms with E-state index in [2.05, 4.69) is 43.0 Å². The first-order chi connectivity index (χ1) is 14.6. The van der Waals surface area contributed by atoms with E-state index in [0.717, 1.165) is 30.9 Å². The fourth-order valence-corrected chi connectivity index (χ4v) is 4.54. The average Bonchev–Trinajstić information content (AvgIpc) is 2.80. The predicted molar refractivity (Wildman–Crippen MR) is 122 cm³/mol. The third-order valence-electron chi connectivity index (χ3n) is 6.52. The Balaban J connectivity index is 1.64. The van der Waals surface area contributed by atoms with Crippen molar-refractivity contribution < 1.29 is 14.6 Å². The number of aliphatic carboxylic acids is 1. The summed E-state index contributed by atoms with van der Waals surface area (Å²) in [5.41, 5.74) is 4.35. The van der Waals surface area contributed by atoms with Gasteiger partial charge in [0, 0.05) is 5.57 Å². The monoisotopic (exact) mass is 406 g/mol. The Kier molecular flexibility index (Phi) is 8.12.